The van der Waals surface area contributed by atoms with E-state index in [4.69, 9.17) is 4.74 Å². The summed E-state index contributed by atoms with van der Waals surface area (Å²) in [5.41, 5.74) is 4.12. The largest absolute Gasteiger partial charge is 0.465 e. The number of hydrogen-bond acceptors (Lipinski definition) is 2. The van der Waals surface area contributed by atoms with Crippen LogP contribution in [0.15, 0.2) is 54.6 Å². The summed E-state index contributed by atoms with van der Waals surface area (Å²) in [5, 5.41) is 0.978. The number of esters is 1. The van der Waals surface area contributed by atoms with Crippen molar-refractivity contribution < 1.29 is 9.53 Å². The predicted molar refractivity (Wildman–Crippen MR) is 97.4 cm³/mol. The van der Waals surface area contributed by atoms with E-state index in [1.54, 1.807) is 0 Å². The number of unbranched alkanes of at least 4 members (excludes halogenated alkanes) is 1. The minimum Gasteiger partial charge on any atom is -0.465 e. The molecule has 0 saturated heterocycles. The van der Waals surface area contributed by atoms with Crippen LogP contribution in [-0.4, -0.2) is 17.6 Å². The number of benzene rings is 2. The van der Waals surface area contributed by atoms with Crippen LogP contribution in [0.3, 0.4) is 0 Å². The Morgan fingerprint density at radius 1 is 1.04 bits per heavy atom. The first kappa shape index (κ1) is 16.3. The van der Waals surface area contributed by atoms with Crippen LogP contribution in [-0.2, 0) is 17.7 Å². The van der Waals surface area contributed by atoms with Crippen LogP contribution in [0.4, 0.5) is 0 Å². The van der Waals surface area contributed by atoms with Crippen LogP contribution in [0, 0.1) is 0 Å². The smallest absolute Gasteiger partial charge is 0.340 e. The standard InChI is InChI=1S/C21H23NO2/c1-3-4-13-19-20(21(23)24-2)17-12-8-9-14-18(17)22(19)15-16-10-6-5-7-11-16/h5-12,14H,3-4,13,15H2,1-2H3. The van der Waals surface area contributed by atoms with Crippen molar-refractivity contribution in [1.82, 2.24) is 4.57 Å². The molecule has 3 rings (SSSR count). The molecule has 0 aliphatic heterocycles. The highest BCUT2D eigenvalue weighted by Gasteiger charge is 2.22. The predicted octanol–water partition coefficient (Wildman–Crippen LogP) is 4.82. The van der Waals surface area contributed by atoms with Crippen molar-refractivity contribution in [2.75, 3.05) is 7.11 Å². The summed E-state index contributed by atoms with van der Waals surface area (Å²) in [4.78, 5) is 12.4. The van der Waals surface area contributed by atoms with Crippen LogP contribution in [0.2, 0.25) is 0 Å². The summed E-state index contributed by atoms with van der Waals surface area (Å²) in [6.45, 7) is 2.93. The quantitative estimate of drug-likeness (QED) is 0.610. The van der Waals surface area contributed by atoms with Crippen LogP contribution in [0.25, 0.3) is 10.9 Å². The number of aromatic nitrogens is 1. The maximum atomic E-state index is 12.4. The number of hydrogen-bond donors (Lipinski definition) is 0. The number of rotatable bonds is 6. The minimum absolute atomic E-state index is 0.246. The molecule has 0 atom stereocenters. The second-order valence-corrected chi connectivity index (χ2v) is 6.01. The van der Waals surface area contributed by atoms with Gasteiger partial charge in [-0.05, 0) is 24.5 Å². The molecule has 2 aromatic carbocycles. The zero-order valence-corrected chi connectivity index (χ0v) is 14.3. The van der Waals surface area contributed by atoms with Gasteiger partial charge in [-0.1, -0.05) is 61.9 Å². The van der Waals surface area contributed by atoms with Crippen LogP contribution in [0.5, 0.6) is 0 Å². The van der Waals surface area contributed by atoms with E-state index in [9.17, 15) is 4.79 Å². The number of carbonyl (C=O) groups excluding carboxylic acids is 1. The molecule has 124 valence electrons. The van der Waals surface area contributed by atoms with Gasteiger partial charge in [0.05, 0.1) is 12.7 Å². The highest BCUT2D eigenvalue weighted by molar-refractivity contribution is 6.06. The number of ether oxygens (including phenoxy) is 1. The molecule has 3 aromatic rings. The van der Waals surface area contributed by atoms with E-state index < -0.39 is 0 Å². The molecule has 0 unspecified atom stereocenters. The van der Waals surface area contributed by atoms with Crippen molar-refractivity contribution in [3.05, 3.63) is 71.4 Å². The Balaban J connectivity index is 2.19. The van der Waals surface area contributed by atoms with Gasteiger partial charge < -0.3 is 9.30 Å². The molecular weight excluding hydrogens is 298 g/mol. The molecule has 0 spiro atoms. The fourth-order valence-corrected chi connectivity index (χ4v) is 3.24. The van der Waals surface area contributed by atoms with Gasteiger partial charge in [0, 0.05) is 23.1 Å². The Morgan fingerprint density at radius 2 is 1.75 bits per heavy atom. The molecule has 3 nitrogen and oxygen atoms in total. The highest BCUT2D eigenvalue weighted by atomic mass is 16.5. The average molecular weight is 321 g/mol. The van der Waals surface area contributed by atoms with Gasteiger partial charge in [-0.15, -0.1) is 0 Å². The van der Waals surface area contributed by atoms with E-state index in [1.807, 2.05) is 36.4 Å². The van der Waals surface area contributed by atoms with Crippen LogP contribution < -0.4 is 0 Å². The summed E-state index contributed by atoms with van der Waals surface area (Å²) in [6, 6.07) is 18.5. The first-order chi connectivity index (χ1) is 11.8. The molecule has 0 aliphatic carbocycles. The number of para-hydroxylation sites is 1. The molecule has 24 heavy (non-hydrogen) atoms. The van der Waals surface area contributed by atoms with Crippen molar-refractivity contribution >= 4 is 16.9 Å². The fraction of sp³-hybridized carbons (Fsp3) is 0.286. The molecule has 0 N–H and O–H groups in total. The summed E-state index contributed by atoms with van der Waals surface area (Å²) in [6.07, 6.45) is 3.02. The molecule has 0 radical (unpaired) electrons. The molecule has 0 bridgehead atoms. The lowest BCUT2D eigenvalue weighted by Crippen LogP contribution is -2.10. The maximum Gasteiger partial charge on any atom is 0.340 e. The van der Waals surface area contributed by atoms with E-state index in [1.165, 1.54) is 12.7 Å². The fourth-order valence-electron chi connectivity index (χ4n) is 3.24. The first-order valence-electron chi connectivity index (χ1n) is 8.48. The van der Waals surface area contributed by atoms with Crippen molar-refractivity contribution in [3.63, 3.8) is 0 Å². The number of methoxy groups -OCH3 is 1. The van der Waals surface area contributed by atoms with Gasteiger partial charge in [-0.25, -0.2) is 4.79 Å². The van der Waals surface area contributed by atoms with Gasteiger partial charge in [0.2, 0.25) is 0 Å². The van der Waals surface area contributed by atoms with Gasteiger partial charge >= 0.3 is 5.97 Å². The van der Waals surface area contributed by atoms with Gasteiger partial charge in [-0.3, -0.25) is 0 Å². The van der Waals surface area contributed by atoms with Gasteiger partial charge in [-0.2, -0.15) is 0 Å². The van der Waals surface area contributed by atoms with E-state index in [0.29, 0.717) is 0 Å². The second-order valence-electron chi connectivity index (χ2n) is 6.01. The Morgan fingerprint density at radius 3 is 2.46 bits per heavy atom. The lowest BCUT2D eigenvalue weighted by Gasteiger charge is -2.12. The van der Waals surface area contributed by atoms with Crippen molar-refractivity contribution in [1.29, 1.82) is 0 Å². The third-order valence-electron chi connectivity index (χ3n) is 4.42. The lowest BCUT2D eigenvalue weighted by molar-refractivity contribution is 0.0601. The molecule has 3 heteroatoms. The topological polar surface area (TPSA) is 31.2 Å². The SMILES string of the molecule is CCCCc1c(C(=O)OC)c2ccccc2n1Cc1ccccc1. The molecule has 0 amide bonds. The van der Waals surface area contributed by atoms with E-state index in [-0.39, 0.29) is 5.97 Å². The van der Waals surface area contributed by atoms with Gasteiger partial charge in [0.15, 0.2) is 0 Å². The molecular formula is C21H23NO2. The zero-order chi connectivity index (χ0) is 16.9. The van der Waals surface area contributed by atoms with Gasteiger partial charge in [0.1, 0.15) is 0 Å². The van der Waals surface area contributed by atoms with Crippen molar-refractivity contribution in [2.45, 2.75) is 32.7 Å². The Hall–Kier alpha value is -2.55. The Labute approximate surface area is 142 Å². The monoisotopic (exact) mass is 321 g/mol. The van der Waals surface area contributed by atoms with E-state index in [0.717, 1.165) is 48.0 Å². The maximum absolute atomic E-state index is 12.4. The number of fused-ring (bicyclic) bond motifs is 1. The molecule has 1 aromatic heterocycles. The van der Waals surface area contributed by atoms with E-state index in [2.05, 4.69) is 29.7 Å². The number of carbonyl (C=O) groups is 1. The highest BCUT2D eigenvalue weighted by Crippen LogP contribution is 2.29. The summed E-state index contributed by atoms with van der Waals surface area (Å²) in [5.74, 6) is -0.246. The summed E-state index contributed by atoms with van der Waals surface area (Å²) in [7, 11) is 1.45. The minimum atomic E-state index is -0.246. The van der Waals surface area contributed by atoms with Crippen molar-refractivity contribution in [3.8, 4) is 0 Å². The first-order valence-corrected chi connectivity index (χ1v) is 8.48. The van der Waals surface area contributed by atoms with Crippen LogP contribution in [0.1, 0.15) is 41.4 Å². The molecule has 1 heterocycles. The average Bonchev–Trinajstić information content (AvgIpc) is 2.94. The molecule has 0 fully saturated rings. The number of nitrogens with zero attached hydrogens (tertiary/aromatic N) is 1. The second kappa shape index (κ2) is 7.35. The summed E-state index contributed by atoms with van der Waals surface area (Å²) >= 11 is 0. The Bertz CT molecular complexity index is 834. The molecule has 0 aliphatic rings. The zero-order valence-electron chi connectivity index (χ0n) is 14.3. The molecule has 0 saturated carbocycles. The third kappa shape index (κ3) is 3.07. The third-order valence-corrected chi connectivity index (χ3v) is 4.42. The van der Waals surface area contributed by atoms with Gasteiger partial charge in [0.25, 0.3) is 0 Å². The van der Waals surface area contributed by atoms with Crippen LogP contribution >= 0.6 is 0 Å². The van der Waals surface area contributed by atoms with Crippen molar-refractivity contribution in [2.24, 2.45) is 0 Å². The Kier molecular flexibility index (Phi) is 4.99. The summed E-state index contributed by atoms with van der Waals surface area (Å²) < 4.78 is 7.35. The normalized spacial score (nSPS) is 10.9. The van der Waals surface area contributed by atoms with E-state index >= 15 is 0 Å². The lowest BCUT2D eigenvalue weighted by atomic mass is 10.1.